The molecule has 0 aromatic heterocycles. The summed E-state index contributed by atoms with van der Waals surface area (Å²) in [5, 5.41) is 0. The van der Waals surface area contributed by atoms with Gasteiger partial charge in [-0.2, -0.15) is 0 Å². The number of rotatable bonds is 0. The quantitative estimate of drug-likeness (QED) is 0.129. The maximum Gasteiger partial charge on any atom is 4.00 e. The van der Waals surface area contributed by atoms with Crippen molar-refractivity contribution in [3.05, 3.63) is 0 Å². The van der Waals surface area contributed by atoms with Crippen molar-refractivity contribution in [2.24, 2.45) is 0 Å². The SMILES string of the molecule is [Cl-].[Cl-].[Cl-].[Cl-].[F-].[F-].[F-].[F-].[F-].[F-].[F-].[F-].[Hf+4].[Hf+4].[Hf+4].[Hf+4].[I-].[I-].[I-].[I-].[I-].[I-].[I-].[I-].[Zr+4].[Zr+4]. The molecule has 0 aliphatic rings. The van der Waals surface area contributed by atoms with E-state index in [0.717, 1.165) is 0 Å². The van der Waals surface area contributed by atoms with E-state index in [0.29, 0.717) is 0 Å². The fraction of sp³-hybridized carbons (Fsp3) is 0. The van der Waals surface area contributed by atoms with Gasteiger partial charge < -0.3 is 279 Å². The van der Waals surface area contributed by atoms with Crippen molar-refractivity contribution in [1.29, 1.82) is 0 Å². The molecule has 0 nitrogen and oxygen atoms in total. The van der Waals surface area contributed by atoms with E-state index < -0.39 is 0 Å². The molecule has 0 aromatic rings. The molecule has 0 N–H and O–H groups in total. The largest absolute Gasteiger partial charge is 4.00 e. The molecule has 0 fully saturated rings. The third kappa shape index (κ3) is 314. The molecule has 160 valence electrons. The first-order valence-corrected chi connectivity index (χ1v) is 0. The van der Waals surface area contributed by atoms with Crippen molar-refractivity contribution in [3.8, 4) is 0 Å². The molecule has 0 spiro atoms. The molecule has 0 rings (SSSR count). The second kappa shape index (κ2) is 342. The number of hydrogen-bond acceptors (Lipinski definition) is 0. The van der Waals surface area contributed by atoms with E-state index in [1.54, 1.807) is 0 Å². The predicted molar refractivity (Wildman–Crippen MR) is 0 cm³/mol. The van der Waals surface area contributed by atoms with E-state index in [-0.39, 0.29) is 435 Å². The normalized spacial score (nSPS) is 0. The van der Waals surface area contributed by atoms with Crippen LogP contribution in [-0.4, -0.2) is 0 Å². The van der Waals surface area contributed by atoms with Gasteiger partial charge in [-0.1, -0.05) is 0 Å². The second-order valence-electron chi connectivity index (χ2n) is 0. The van der Waals surface area contributed by atoms with Gasteiger partial charge >= 0.3 is 156 Å². The Balaban J connectivity index is 0. The van der Waals surface area contributed by atoms with Gasteiger partial charge in [-0.25, -0.2) is 0 Å². The van der Waals surface area contributed by atoms with Gasteiger partial charge in [0.1, 0.15) is 0 Å². The molecular formula is Cl4F8Hf4I8Zr2+4. The zero-order chi connectivity index (χ0) is 0. The number of halogens is 20. The van der Waals surface area contributed by atoms with Crippen LogP contribution < -0.4 is 279 Å². The summed E-state index contributed by atoms with van der Waals surface area (Å²) in [5.41, 5.74) is 0. The summed E-state index contributed by atoms with van der Waals surface area (Å²) >= 11 is 0. The van der Waals surface area contributed by atoms with Crippen molar-refractivity contribution in [2.75, 3.05) is 0 Å². The summed E-state index contributed by atoms with van der Waals surface area (Å²) in [4.78, 5) is 0. The molecule has 26 heavy (non-hydrogen) atoms. The van der Waals surface area contributed by atoms with E-state index >= 15 is 0 Å². The molecule has 0 radical (unpaired) electrons. The van der Waals surface area contributed by atoms with Crippen molar-refractivity contribution in [1.82, 2.24) is 0 Å². The van der Waals surface area contributed by atoms with E-state index in [9.17, 15) is 0 Å². The first-order valence-electron chi connectivity index (χ1n) is 0. The van der Waals surface area contributed by atoms with E-state index in [1.807, 2.05) is 0 Å². The van der Waals surface area contributed by atoms with Gasteiger partial charge in [0.2, 0.25) is 0 Å². The van der Waals surface area contributed by atoms with Crippen LogP contribution in [0.4, 0.5) is 0 Å². The van der Waals surface area contributed by atoms with E-state index in [1.165, 1.54) is 0 Å². The molecule has 0 aromatic carbocycles. The molecule has 0 atom stereocenters. The molecule has 0 bridgehead atoms. The van der Waals surface area contributed by atoms with Crippen LogP contribution in [0.2, 0.25) is 0 Å². The van der Waals surface area contributed by atoms with Crippen LogP contribution in [0, 0.1) is 0 Å². The Morgan fingerprint density at radius 1 is 0.192 bits per heavy atom. The Hall–Kier alpha value is 11.7. The third-order valence-electron chi connectivity index (χ3n) is 0. The first kappa shape index (κ1) is 371. The topological polar surface area (TPSA) is 0 Å². The maximum atomic E-state index is 0. The zero-order valence-electron chi connectivity index (χ0n) is 10.6. The van der Waals surface area contributed by atoms with Crippen LogP contribution in [0.5, 0.6) is 0 Å². The first-order chi connectivity index (χ1) is 0. The molecule has 0 heterocycles. The van der Waals surface area contributed by atoms with Gasteiger partial charge in [0.25, 0.3) is 0 Å². The summed E-state index contributed by atoms with van der Waals surface area (Å²) in [6, 6.07) is 0. The van der Waals surface area contributed by atoms with Crippen molar-refractivity contribution in [3.63, 3.8) is 0 Å². The molecule has 0 saturated carbocycles. The van der Waals surface area contributed by atoms with Gasteiger partial charge in [-0.3, -0.25) is 0 Å². The molecule has 0 aliphatic carbocycles. The molecule has 0 unspecified atom stereocenters. The molecule has 26 heteroatoms. The van der Waals surface area contributed by atoms with E-state index in [2.05, 4.69) is 0 Å². The Bertz CT molecular complexity index is 56.2. The fourth-order valence-corrected chi connectivity index (χ4v) is 0. The molecule has 0 saturated heterocycles. The number of hydrogen-bond donors (Lipinski definition) is 0. The Kier molecular flexibility index (Phi) is 4890. The van der Waals surface area contributed by atoms with Crippen LogP contribution >= 0.6 is 0 Å². The summed E-state index contributed by atoms with van der Waals surface area (Å²) in [6.45, 7) is 0. The Morgan fingerprint density at radius 2 is 0.192 bits per heavy atom. The van der Waals surface area contributed by atoms with Crippen LogP contribution in [0.3, 0.4) is 0 Å². The zero-order valence-corrected chi connectivity index (χ0v) is 50.1. The van der Waals surface area contributed by atoms with Crippen molar-refractivity contribution < 1.29 is 435 Å². The summed E-state index contributed by atoms with van der Waals surface area (Å²) in [6.07, 6.45) is 0. The molecule has 0 amide bonds. The summed E-state index contributed by atoms with van der Waals surface area (Å²) in [5.74, 6) is 0. The van der Waals surface area contributed by atoms with Gasteiger partial charge in [0, 0.05) is 0 Å². The molecular weight excluding hydrogens is 2210 g/mol. The second-order valence-corrected chi connectivity index (χ2v) is 0. The van der Waals surface area contributed by atoms with Crippen molar-refractivity contribution >= 4 is 0 Å². The van der Waals surface area contributed by atoms with Gasteiger partial charge in [0.05, 0.1) is 0 Å². The predicted octanol–water partition coefficient (Wildman–Crippen LogP) is -59.9. The van der Waals surface area contributed by atoms with Gasteiger partial charge in [0.15, 0.2) is 0 Å². The Labute approximate surface area is 423 Å². The fourth-order valence-electron chi connectivity index (χ4n) is 0. The maximum absolute atomic E-state index is 0. The molecule has 0 aliphatic heterocycles. The van der Waals surface area contributed by atoms with Gasteiger partial charge in [-0.15, -0.1) is 0 Å². The smallest absolute Gasteiger partial charge is 1.00 e. The third-order valence-corrected chi connectivity index (χ3v) is 0. The average Bonchev–Trinajstić information content (AvgIpc) is 0. The van der Waals surface area contributed by atoms with Crippen LogP contribution in [0.1, 0.15) is 0 Å². The van der Waals surface area contributed by atoms with Crippen LogP contribution in [0.25, 0.3) is 0 Å². The Morgan fingerprint density at radius 3 is 0.192 bits per heavy atom. The monoisotopic (exact) mass is 2210 g/mol. The van der Waals surface area contributed by atoms with Crippen LogP contribution in [0.15, 0.2) is 0 Å². The minimum Gasteiger partial charge on any atom is -1.00 e. The minimum absolute atomic E-state index is 0. The summed E-state index contributed by atoms with van der Waals surface area (Å²) in [7, 11) is 0. The summed E-state index contributed by atoms with van der Waals surface area (Å²) < 4.78 is 0. The van der Waals surface area contributed by atoms with E-state index in [4.69, 9.17) is 0 Å². The average molecular weight is 2210 g/mol. The van der Waals surface area contributed by atoms with Crippen molar-refractivity contribution in [2.45, 2.75) is 0 Å². The van der Waals surface area contributed by atoms with Gasteiger partial charge in [-0.05, 0) is 0 Å². The minimum atomic E-state index is 0. The van der Waals surface area contributed by atoms with Crippen LogP contribution in [-0.2, 0) is 156 Å². The standard InChI is InChI=1S/4ClH.8FH.4Hf.8HI.2Zr/h12*1H;;;;;8*1H;;/q;;;;;;;;;;;;4*+4;;;;;;;;;2*+4/p-20.